The first kappa shape index (κ1) is 14.3. The molecule has 100 valence electrons. The number of nitrogens with zero attached hydrogens (tertiary/aromatic N) is 1. The lowest BCUT2D eigenvalue weighted by Gasteiger charge is -2.14. The Labute approximate surface area is 101 Å². The van der Waals surface area contributed by atoms with Crippen LogP contribution >= 0.6 is 0 Å². The van der Waals surface area contributed by atoms with E-state index in [2.05, 4.69) is 5.32 Å². The zero-order chi connectivity index (χ0) is 13.9. The highest BCUT2D eigenvalue weighted by molar-refractivity contribution is 5.80. The molecular formula is C11H12F4N2O. The second kappa shape index (κ2) is 5.24. The van der Waals surface area contributed by atoms with Gasteiger partial charge in [0.15, 0.2) is 0 Å². The predicted molar refractivity (Wildman–Crippen MR) is 58.6 cm³/mol. The number of nitrogens with one attached hydrogen (secondary N) is 1. The number of halogens is 4. The summed E-state index contributed by atoms with van der Waals surface area (Å²) < 4.78 is 50.5. The third kappa shape index (κ3) is 3.61. The average Bonchev–Trinajstić information content (AvgIpc) is 2.25. The van der Waals surface area contributed by atoms with E-state index in [0.717, 1.165) is 0 Å². The van der Waals surface area contributed by atoms with Crippen molar-refractivity contribution in [1.82, 2.24) is 4.90 Å². The van der Waals surface area contributed by atoms with Gasteiger partial charge in [-0.1, -0.05) is 0 Å². The number of likely N-dealkylation sites (N-methyl/N-ethyl adjacent to an activating group) is 1. The highest BCUT2D eigenvalue weighted by Crippen LogP contribution is 2.31. The molecule has 1 aromatic carbocycles. The van der Waals surface area contributed by atoms with Crippen LogP contribution in [0.4, 0.5) is 23.2 Å². The van der Waals surface area contributed by atoms with Gasteiger partial charge in [-0.3, -0.25) is 4.79 Å². The topological polar surface area (TPSA) is 32.3 Å². The van der Waals surface area contributed by atoms with Crippen molar-refractivity contribution in [3.63, 3.8) is 0 Å². The smallest absolute Gasteiger partial charge is 0.374 e. The Kier molecular flexibility index (Phi) is 4.15. The van der Waals surface area contributed by atoms with Crippen LogP contribution < -0.4 is 5.32 Å². The first-order valence-corrected chi connectivity index (χ1v) is 5.02. The molecule has 0 radical (unpaired) electrons. The third-order valence-corrected chi connectivity index (χ3v) is 2.22. The summed E-state index contributed by atoms with van der Waals surface area (Å²) in [4.78, 5) is 12.5. The number of carbonyl (C=O) groups excluding carboxylic acids is 1. The Bertz CT molecular complexity index is 443. The van der Waals surface area contributed by atoms with Crippen LogP contribution in [0.25, 0.3) is 0 Å². The Balaban J connectivity index is 2.85. The number of benzene rings is 1. The number of anilines is 1. The second-order valence-corrected chi connectivity index (χ2v) is 3.83. The van der Waals surface area contributed by atoms with E-state index in [4.69, 9.17) is 0 Å². The minimum Gasteiger partial charge on any atom is -0.374 e. The van der Waals surface area contributed by atoms with Gasteiger partial charge >= 0.3 is 6.18 Å². The molecule has 0 aliphatic rings. The lowest BCUT2D eigenvalue weighted by atomic mass is 10.2. The molecule has 0 fully saturated rings. The molecule has 0 spiro atoms. The van der Waals surface area contributed by atoms with E-state index in [-0.39, 0.29) is 18.1 Å². The maximum Gasteiger partial charge on any atom is 0.416 e. The minimum atomic E-state index is -4.55. The van der Waals surface area contributed by atoms with Crippen LogP contribution in [0.15, 0.2) is 18.2 Å². The van der Waals surface area contributed by atoms with Crippen molar-refractivity contribution >= 4 is 11.6 Å². The van der Waals surface area contributed by atoms with E-state index in [9.17, 15) is 22.4 Å². The number of amides is 1. The van der Waals surface area contributed by atoms with E-state index >= 15 is 0 Å². The molecule has 0 atom stereocenters. The van der Waals surface area contributed by atoms with Gasteiger partial charge in [0.1, 0.15) is 5.82 Å². The van der Waals surface area contributed by atoms with Crippen LogP contribution in [-0.4, -0.2) is 31.4 Å². The van der Waals surface area contributed by atoms with Gasteiger partial charge in [-0.25, -0.2) is 4.39 Å². The molecule has 7 heteroatoms. The molecule has 18 heavy (non-hydrogen) atoms. The van der Waals surface area contributed by atoms with Gasteiger partial charge < -0.3 is 10.2 Å². The van der Waals surface area contributed by atoms with Gasteiger partial charge in [0, 0.05) is 14.1 Å². The van der Waals surface area contributed by atoms with Crippen molar-refractivity contribution in [3.05, 3.63) is 29.6 Å². The fraction of sp³-hybridized carbons (Fsp3) is 0.364. The van der Waals surface area contributed by atoms with Gasteiger partial charge in [0.05, 0.1) is 17.8 Å². The van der Waals surface area contributed by atoms with Crippen LogP contribution in [0.2, 0.25) is 0 Å². The lowest BCUT2D eigenvalue weighted by Crippen LogP contribution is -2.28. The van der Waals surface area contributed by atoms with Crippen molar-refractivity contribution in [2.45, 2.75) is 6.18 Å². The van der Waals surface area contributed by atoms with Crippen LogP contribution in [0, 0.1) is 5.82 Å². The molecule has 1 amide bonds. The normalized spacial score (nSPS) is 11.2. The average molecular weight is 264 g/mol. The van der Waals surface area contributed by atoms with Gasteiger partial charge in [-0.2, -0.15) is 13.2 Å². The molecule has 0 unspecified atom stereocenters. The quantitative estimate of drug-likeness (QED) is 0.850. The van der Waals surface area contributed by atoms with E-state index in [1.807, 2.05) is 0 Å². The maximum atomic E-state index is 13.3. The highest BCUT2D eigenvalue weighted by atomic mass is 19.4. The Morgan fingerprint density at radius 1 is 1.33 bits per heavy atom. The van der Waals surface area contributed by atoms with Gasteiger partial charge in [0.25, 0.3) is 0 Å². The lowest BCUT2D eigenvalue weighted by molar-refractivity contribution is -0.137. The maximum absolute atomic E-state index is 13.3. The molecule has 0 saturated heterocycles. The van der Waals surface area contributed by atoms with Gasteiger partial charge in [-0.05, 0) is 18.2 Å². The van der Waals surface area contributed by atoms with Crippen molar-refractivity contribution in [1.29, 1.82) is 0 Å². The summed E-state index contributed by atoms with van der Waals surface area (Å²) in [5.41, 5.74) is -1.32. The van der Waals surface area contributed by atoms with Crippen molar-refractivity contribution in [2.75, 3.05) is 26.0 Å². The van der Waals surface area contributed by atoms with Crippen molar-refractivity contribution in [2.24, 2.45) is 0 Å². The summed E-state index contributed by atoms with van der Waals surface area (Å²) in [6.45, 7) is -0.273. The summed E-state index contributed by atoms with van der Waals surface area (Å²) in [6.07, 6.45) is -4.55. The van der Waals surface area contributed by atoms with Crippen LogP contribution in [-0.2, 0) is 11.0 Å². The first-order valence-electron chi connectivity index (χ1n) is 5.02. The van der Waals surface area contributed by atoms with Gasteiger partial charge in [-0.15, -0.1) is 0 Å². The number of alkyl halides is 3. The third-order valence-electron chi connectivity index (χ3n) is 2.22. The highest BCUT2D eigenvalue weighted by Gasteiger charge is 2.31. The largest absolute Gasteiger partial charge is 0.416 e. The number of rotatable bonds is 3. The number of carbonyl (C=O) groups is 1. The summed E-state index contributed by atoms with van der Waals surface area (Å²) in [7, 11) is 2.99. The Hall–Kier alpha value is -1.79. The second-order valence-electron chi connectivity index (χ2n) is 3.83. The van der Waals surface area contributed by atoms with Crippen molar-refractivity contribution < 1.29 is 22.4 Å². The molecular weight excluding hydrogens is 252 g/mol. The zero-order valence-electron chi connectivity index (χ0n) is 9.81. The molecule has 0 saturated carbocycles. The summed E-state index contributed by atoms with van der Waals surface area (Å²) in [6, 6.07) is 2.00. The molecule has 1 rings (SSSR count). The standard InChI is InChI=1S/C11H12F4N2O/c1-17(2)10(18)6-16-9-5-7(11(13,14)15)3-4-8(9)12/h3-5,16H,6H2,1-2H3. The molecule has 0 heterocycles. The first-order chi connectivity index (χ1) is 8.21. The van der Waals surface area contributed by atoms with Crippen LogP contribution in [0.5, 0.6) is 0 Å². The van der Waals surface area contributed by atoms with E-state index in [0.29, 0.717) is 18.2 Å². The SMILES string of the molecule is CN(C)C(=O)CNc1cc(C(F)(F)F)ccc1F. The summed E-state index contributed by atoms with van der Waals surface area (Å²) in [5.74, 6) is -1.21. The molecule has 0 aliphatic heterocycles. The molecule has 0 bridgehead atoms. The molecule has 1 aromatic rings. The fourth-order valence-corrected chi connectivity index (χ4v) is 1.17. The fourth-order valence-electron chi connectivity index (χ4n) is 1.17. The van der Waals surface area contributed by atoms with Crippen molar-refractivity contribution in [3.8, 4) is 0 Å². The molecule has 0 aromatic heterocycles. The predicted octanol–water partition coefficient (Wildman–Crippen LogP) is 2.34. The van der Waals surface area contributed by atoms with E-state index in [1.54, 1.807) is 0 Å². The molecule has 0 aliphatic carbocycles. The Morgan fingerprint density at radius 2 is 1.94 bits per heavy atom. The van der Waals surface area contributed by atoms with Crippen LogP contribution in [0.1, 0.15) is 5.56 Å². The van der Waals surface area contributed by atoms with E-state index < -0.39 is 17.6 Å². The molecule has 1 N–H and O–H groups in total. The summed E-state index contributed by atoms with van der Waals surface area (Å²) >= 11 is 0. The Morgan fingerprint density at radius 3 is 2.44 bits per heavy atom. The van der Waals surface area contributed by atoms with Gasteiger partial charge in [0.2, 0.25) is 5.91 Å². The zero-order valence-corrected chi connectivity index (χ0v) is 9.81. The minimum absolute atomic E-state index is 0.273. The number of hydrogen-bond donors (Lipinski definition) is 1. The molecule has 3 nitrogen and oxygen atoms in total. The summed E-state index contributed by atoms with van der Waals surface area (Å²) in [5, 5.41) is 2.34. The monoisotopic (exact) mass is 264 g/mol. The van der Waals surface area contributed by atoms with Crippen LogP contribution in [0.3, 0.4) is 0 Å². The number of hydrogen-bond acceptors (Lipinski definition) is 2. The van der Waals surface area contributed by atoms with E-state index in [1.165, 1.54) is 19.0 Å².